The van der Waals surface area contributed by atoms with Crippen molar-refractivity contribution in [2.24, 2.45) is 0 Å². The van der Waals surface area contributed by atoms with E-state index in [1.807, 2.05) is 19.1 Å². The number of carbonyl (C=O) groups excluding carboxylic acids is 1. The van der Waals surface area contributed by atoms with E-state index in [1.165, 1.54) is 0 Å². The van der Waals surface area contributed by atoms with E-state index >= 15 is 0 Å². The molecule has 6 nitrogen and oxygen atoms in total. The second kappa shape index (κ2) is 6.58. The molecule has 1 aromatic heterocycles. The maximum absolute atomic E-state index is 11.6. The van der Waals surface area contributed by atoms with Gasteiger partial charge in [0.05, 0.1) is 12.5 Å². The molecule has 3 N–H and O–H groups in total. The number of rotatable bonds is 5. The summed E-state index contributed by atoms with van der Waals surface area (Å²) < 4.78 is 0. The summed E-state index contributed by atoms with van der Waals surface area (Å²) in [5, 5.41) is 13.9. The van der Waals surface area contributed by atoms with Crippen molar-refractivity contribution in [2.45, 2.75) is 32.4 Å². The number of urea groups is 1. The Bertz CT molecular complexity index is 408. The Morgan fingerprint density at radius 2 is 1.89 bits per heavy atom. The van der Waals surface area contributed by atoms with Crippen molar-refractivity contribution in [3.63, 3.8) is 0 Å². The zero-order valence-corrected chi connectivity index (χ0v) is 10.4. The highest BCUT2D eigenvalue weighted by molar-refractivity contribution is 5.76. The molecule has 0 aliphatic rings. The van der Waals surface area contributed by atoms with Crippen LogP contribution >= 0.6 is 0 Å². The molecule has 0 aliphatic carbocycles. The lowest BCUT2D eigenvalue weighted by Crippen LogP contribution is -2.42. The van der Waals surface area contributed by atoms with E-state index in [2.05, 4.69) is 15.6 Å². The highest BCUT2D eigenvalue weighted by Crippen LogP contribution is 2.09. The van der Waals surface area contributed by atoms with E-state index in [4.69, 9.17) is 5.11 Å². The number of hydrogen-bond donors (Lipinski definition) is 3. The maximum atomic E-state index is 11.6. The zero-order valence-electron chi connectivity index (χ0n) is 10.4. The van der Waals surface area contributed by atoms with Crippen LogP contribution in [0.5, 0.6) is 0 Å². The first-order valence-corrected chi connectivity index (χ1v) is 5.67. The topological polar surface area (TPSA) is 91.3 Å². The molecule has 1 rings (SSSR count). The van der Waals surface area contributed by atoms with E-state index in [-0.39, 0.29) is 18.5 Å². The molecule has 2 unspecified atom stereocenters. The van der Waals surface area contributed by atoms with Gasteiger partial charge in [0.2, 0.25) is 0 Å². The minimum atomic E-state index is -0.940. The second-order valence-corrected chi connectivity index (χ2v) is 4.12. The van der Waals surface area contributed by atoms with Crippen molar-refractivity contribution in [1.82, 2.24) is 15.6 Å². The van der Waals surface area contributed by atoms with Crippen LogP contribution in [0, 0.1) is 0 Å². The van der Waals surface area contributed by atoms with Crippen molar-refractivity contribution >= 4 is 12.0 Å². The van der Waals surface area contributed by atoms with Gasteiger partial charge in [-0.2, -0.15) is 0 Å². The predicted octanol–water partition coefficient (Wildman–Crippen LogP) is 1.30. The van der Waals surface area contributed by atoms with E-state index in [0.717, 1.165) is 5.56 Å². The van der Waals surface area contributed by atoms with Crippen LogP contribution in [0.1, 0.15) is 31.9 Å². The largest absolute Gasteiger partial charge is 0.481 e. The molecule has 0 saturated heterocycles. The fourth-order valence-electron chi connectivity index (χ4n) is 1.51. The smallest absolute Gasteiger partial charge is 0.315 e. The SMILES string of the molecule is CC(CC(=O)O)NC(=O)NC(C)c1ccncc1. The average Bonchev–Trinajstić information content (AvgIpc) is 2.28. The molecule has 98 valence electrons. The number of carboxylic acid groups (broad SMARTS) is 1. The Labute approximate surface area is 105 Å². The number of nitrogens with zero attached hydrogens (tertiary/aromatic N) is 1. The molecular weight excluding hydrogens is 234 g/mol. The summed E-state index contributed by atoms with van der Waals surface area (Å²) in [4.78, 5) is 25.9. The highest BCUT2D eigenvalue weighted by atomic mass is 16.4. The number of carbonyl (C=O) groups is 2. The number of aromatic nitrogens is 1. The van der Waals surface area contributed by atoms with Crippen molar-refractivity contribution < 1.29 is 14.7 Å². The minimum absolute atomic E-state index is 0.100. The molecule has 6 heteroatoms. The van der Waals surface area contributed by atoms with Crippen LogP contribution in [0.15, 0.2) is 24.5 Å². The molecule has 18 heavy (non-hydrogen) atoms. The fourth-order valence-corrected chi connectivity index (χ4v) is 1.51. The van der Waals surface area contributed by atoms with Gasteiger partial charge in [-0.1, -0.05) is 0 Å². The number of pyridine rings is 1. The first kappa shape index (κ1) is 14.0. The summed E-state index contributed by atoms with van der Waals surface area (Å²) in [6.45, 7) is 3.49. The quantitative estimate of drug-likeness (QED) is 0.735. The number of aliphatic carboxylic acids is 1. The van der Waals surface area contributed by atoms with Gasteiger partial charge in [-0.3, -0.25) is 9.78 Å². The summed E-state index contributed by atoms with van der Waals surface area (Å²) in [5.74, 6) is -0.940. The van der Waals surface area contributed by atoms with Gasteiger partial charge in [0, 0.05) is 18.4 Å². The predicted molar refractivity (Wildman–Crippen MR) is 66.0 cm³/mol. The van der Waals surface area contributed by atoms with Crippen molar-refractivity contribution in [3.8, 4) is 0 Å². The highest BCUT2D eigenvalue weighted by Gasteiger charge is 2.13. The van der Waals surface area contributed by atoms with Crippen LogP contribution in [-0.2, 0) is 4.79 Å². The monoisotopic (exact) mass is 251 g/mol. The molecule has 0 radical (unpaired) electrons. The lowest BCUT2D eigenvalue weighted by atomic mass is 10.1. The summed E-state index contributed by atoms with van der Waals surface area (Å²) in [6.07, 6.45) is 3.20. The van der Waals surface area contributed by atoms with Gasteiger partial charge >= 0.3 is 12.0 Å². The van der Waals surface area contributed by atoms with E-state index in [0.29, 0.717) is 0 Å². The van der Waals surface area contributed by atoms with Crippen LogP contribution in [0.25, 0.3) is 0 Å². The molecule has 0 spiro atoms. The van der Waals surface area contributed by atoms with Crippen LogP contribution in [0.3, 0.4) is 0 Å². The van der Waals surface area contributed by atoms with Crippen molar-refractivity contribution in [1.29, 1.82) is 0 Å². The van der Waals surface area contributed by atoms with Gasteiger partial charge in [0.25, 0.3) is 0 Å². The van der Waals surface area contributed by atoms with Gasteiger partial charge in [-0.15, -0.1) is 0 Å². The number of nitrogens with one attached hydrogen (secondary N) is 2. The zero-order chi connectivity index (χ0) is 13.5. The van der Waals surface area contributed by atoms with Crippen molar-refractivity contribution in [3.05, 3.63) is 30.1 Å². The van der Waals surface area contributed by atoms with Gasteiger partial charge in [-0.05, 0) is 31.5 Å². The van der Waals surface area contributed by atoms with Crippen molar-refractivity contribution in [2.75, 3.05) is 0 Å². The number of carboxylic acids is 1. The van der Waals surface area contributed by atoms with E-state index in [1.54, 1.807) is 19.3 Å². The van der Waals surface area contributed by atoms with Gasteiger partial charge in [0.15, 0.2) is 0 Å². The average molecular weight is 251 g/mol. The van der Waals surface area contributed by atoms with Gasteiger partial charge < -0.3 is 15.7 Å². The van der Waals surface area contributed by atoms with Crippen LogP contribution in [0.2, 0.25) is 0 Å². The molecular formula is C12H17N3O3. The number of amides is 2. The van der Waals surface area contributed by atoms with Gasteiger partial charge in [-0.25, -0.2) is 4.79 Å². The molecule has 1 heterocycles. The van der Waals surface area contributed by atoms with Crippen LogP contribution < -0.4 is 10.6 Å². The Morgan fingerprint density at radius 1 is 1.28 bits per heavy atom. The third-order valence-electron chi connectivity index (χ3n) is 2.41. The Morgan fingerprint density at radius 3 is 2.44 bits per heavy atom. The van der Waals surface area contributed by atoms with Crippen LogP contribution in [0.4, 0.5) is 4.79 Å². The summed E-state index contributed by atoms with van der Waals surface area (Å²) in [6, 6.07) is 2.67. The normalized spacial score (nSPS) is 13.4. The lowest BCUT2D eigenvalue weighted by molar-refractivity contribution is -0.137. The first-order chi connectivity index (χ1) is 8.49. The van der Waals surface area contributed by atoms with Crippen LogP contribution in [-0.4, -0.2) is 28.1 Å². The Kier molecular flexibility index (Phi) is 5.10. The van der Waals surface area contributed by atoms with E-state index < -0.39 is 12.0 Å². The summed E-state index contributed by atoms with van der Waals surface area (Å²) in [7, 11) is 0. The molecule has 0 aromatic carbocycles. The number of hydrogen-bond acceptors (Lipinski definition) is 3. The Balaban J connectivity index is 2.43. The molecule has 1 aromatic rings. The molecule has 0 saturated carbocycles. The lowest BCUT2D eigenvalue weighted by Gasteiger charge is -2.17. The first-order valence-electron chi connectivity index (χ1n) is 5.67. The molecule has 0 bridgehead atoms. The molecule has 2 amide bonds. The maximum Gasteiger partial charge on any atom is 0.315 e. The molecule has 0 fully saturated rings. The standard InChI is InChI=1S/C12H17N3O3/c1-8(7-11(16)17)14-12(18)15-9(2)10-3-5-13-6-4-10/h3-6,8-9H,7H2,1-2H3,(H,16,17)(H2,14,15,18). The third-order valence-corrected chi connectivity index (χ3v) is 2.41. The minimum Gasteiger partial charge on any atom is -0.481 e. The summed E-state index contributed by atoms with van der Waals surface area (Å²) >= 11 is 0. The van der Waals surface area contributed by atoms with Gasteiger partial charge in [0.1, 0.15) is 0 Å². The third kappa shape index (κ3) is 4.82. The molecule has 0 aliphatic heterocycles. The van der Waals surface area contributed by atoms with E-state index in [9.17, 15) is 9.59 Å². The second-order valence-electron chi connectivity index (χ2n) is 4.12. The Hall–Kier alpha value is -2.11. The molecule has 2 atom stereocenters. The fraction of sp³-hybridized carbons (Fsp3) is 0.417. The summed E-state index contributed by atoms with van der Waals surface area (Å²) in [5.41, 5.74) is 0.936.